The van der Waals surface area contributed by atoms with Crippen molar-refractivity contribution in [1.82, 2.24) is 10.2 Å². The van der Waals surface area contributed by atoms with Gasteiger partial charge in [-0.1, -0.05) is 53.5 Å². The molecule has 1 fully saturated rings. The zero-order chi connectivity index (χ0) is 20.3. The number of halogens is 2. The molecule has 1 saturated heterocycles. The lowest BCUT2D eigenvalue weighted by Crippen LogP contribution is -2.45. The molecular formula is C20H19Cl2N3O3. The monoisotopic (exact) mass is 419 g/mol. The molecule has 28 heavy (non-hydrogen) atoms. The Balaban J connectivity index is 1.63. The van der Waals surface area contributed by atoms with Crippen molar-refractivity contribution >= 4 is 46.7 Å². The molecule has 0 radical (unpaired) electrons. The molecule has 3 rings (SSSR count). The van der Waals surface area contributed by atoms with Gasteiger partial charge < -0.3 is 10.6 Å². The average molecular weight is 420 g/mol. The first-order chi connectivity index (χ1) is 13.3. The number of aryl methyl sites for hydroxylation is 1. The minimum absolute atomic E-state index is 0.269. The first kappa shape index (κ1) is 20.2. The number of benzene rings is 2. The minimum atomic E-state index is -1.05. The Bertz CT molecular complexity index is 920. The summed E-state index contributed by atoms with van der Waals surface area (Å²) in [5, 5.41) is 6.00. The van der Waals surface area contributed by atoms with Crippen LogP contribution in [0.1, 0.15) is 18.9 Å². The SMILES string of the molecule is C[C@@]1(CCc2ccccc2)NC(=O)N(CC(=O)Nc2ccc(Cl)cc2Cl)C1=O. The van der Waals surface area contributed by atoms with Crippen molar-refractivity contribution in [2.75, 3.05) is 11.9 Å². The number of nitrogens with zero attached hydrogens (tertiary/aromatic N) is 1. The Morgan fingerprint density at radius 3 is 2.54 bits per heavy atom. The van der Waals surface area contributed by atoms with Gasteiger partial charge in [0, 0.05) is 5.02 Å². The van der Waals surface area contributed by atoms with Crippen LogP contribution >= 0.6 is 23.2 Å². The quantitative estimate of drug-likeness (QED) is 0.697. The van der Waals surface area contributed by atoms with E-state index in [9.17, 15) is 14.4 Å². The number of carbonyl (C=O) groups excluding carboxylic acids is 3. The summed E-state index contributed by atoms with van der Waals surface area (Å²) in [7, 11) is 0. The maximum atomic E-state index is 12.8. The van der Waals surface area contributed by atoms with Crippen LogP contribution in [0.2, 0.25) is 10.0 Å². The van der Waals surface area contributed by atoms with Crippen LogP contribution in [0.4, 0.5) is 10.5 Å². The molecule has 0 bridgehead atoms. The summed E-state index contributed by atoms with van der Waals surface area (Å²) < 4.78 is 0. The van der Waals surface area contributed by atoms with Crippen LogP contribution in [0.3, 0.4) is 0 Å². The van der Waals surface area contributed by atoms with Crippen LogP contribution in [0.15, 0.2) is 48.5 Å². The zero-order valence-corrected chi connectivity index (χ0v) is 16.7. The topological polar surface area (TPSA) is 78.5 Å². The molecule has 2 aromatic rings. The molecular weight excluding hydrogens is 401 g/mol. The van der Waals surface area contributed by atoms with E-state index in [4.69, 9.17) is 23.2 Å². The largest absolute Gasteiger partial charge is 0.325 e. The number of hydrogen-bond acceptors (Lipinski definition) is 3. The van der Waals surface area contributed by atoms with Crippen LogP contribution < -0.4 is 10.6 Å². The Labute approximate surface area is 172 Å². The summed E-state index contributed by atoms with van der Waals surface area (Å²) in [4.78, 5) is 38.3. The highest BCUT2D eigenvalue weighted by atomic mass is 35.5. The van der Waals surface area contributed by atoms with E-state index in [1.54, 1.807) is 19.1 Å². The second-order valence-corrected chi connectivity index (χ2v) is 7.66. The number of imide groups is 1. The lowest BCUT2D eigenvalue weighted by molar-refractivity contribution is -0.133. The van der Waals surface area contributed by atoms with Crippen molar-refractivity contribution in [2.24, 2.45) is 0 Å². The molecule has 0 saturated carbocycles. The Morgan fingerprint density at radius 2 is 1.86 bits per heavy atom. The summed E-state index contributed by atoms with van der Waals surface area (Å²) in [5.41, 5.74) is 0.375. The first-order valence-electron chi connectivity index (χ1n) is 8.71. The Hall–Kier alpha value is -2.57. The highest BCUT2D eigenvalue weighted by molar-refractivity contribution is 6.36. The molecule has 4 amide bonds. The van der Waals surface area contributed by atoms with Crippen molar-refractivity contribution in [3.63, 3.8) is 0 Å². The van der Waals surface area contributed by atoms with Crippen molar-refractivity contribution in [3.8, 4) is 0 Å². The average Bonchev–Trinajstić information content (AvgIpc) is 2.87. The number of nitrogens with one attached hydrogen (secondary N) is 2. The van der Waals surface area contributed by atoms with Crippen LogP contribution in [-0.4, -0.2) is 34.8 Å². The first-order valence-corrected chi connectivity index (χ1v) is 9.47. The van der Waals surface area contributed by atoms with Crippen molar-refractivity contribution in [1.29, 1.82) is 0 Å². The third-order valence-corrected chi connectivity index (χ3v) is 5.16. The highest BCUT2D eigenvalue weighted by Crippen LogP contribution is 2.26. The standard InChI is InChI=1S/C20H19Cl2N3O3/c1-20(10-9-13-5-3-2-4-6-13)18(27)25(19(28)24-20)12-17(26)23-16-8-7-14(21)11-15(16)22/h2-8,11H,9-10,12H2,1H3,(H,23,26)(H,24,28)/t20-/m0/s1. The second-order valence-electron chi connectivity index (χ2n) is 6.81. The summed E-state index contributed by atoms with van der Waals surface area (Å²) >= 11 is 11.9. The lowest BCUT2D eigenvalue weighted by Gasteiger charge is -2.21. The van der Waals surface area contributed by atoms with Crippen LogP contribution in [0.5, 0.6) is 0 Å². The molecule has 1 heterocycles. The number of hydrogen-bond donors (Lipinski definition) is 2. The maximum Gasteiger partial charge on any atom is 0.325 e. The fourth-order valence-corrected chi connectivity index (χ4v) is 3.48. The predicted octanol–water partition coefficient (Wildman–Crippen LogP) is 3.88. The molecule has 1 aliphatic heterocycles. The molecule has 1 atom stereocenters. The van der Waals surface area contributed by atoms with Gasteiger partial charge in [-0.05, 0) is 43.5 Å². The second kappa shape index (κ2) is 8.20. The number of anilines is 1. The third-order valence-electron chi connectivity index (χ3n) is 4.61. The molecule has 0 unspecified atom stereocenters. The Morgan fingerprint density at radius 1 is 1.14 bits per heavy atom. The van der Waals surface area contributed by atoms with Crippen LogP contribution in [0, 0.1) is 0 Å². The molecule has 2 N–H and O–H groups in total. The van der Waals surface area contributed by atoms with Gasteiger partial charge in [0.05, 0.1) is 10.7 Å². The van der Waals surface area contributed by atoms with Gasteiger partial charge in [-0.3, -0.25) is 14.5 Å². The van der Waals surface area contributed by atoms with Crippen molar-refractivity contribution < 1.29 is 14.4 Å². The van der Waals surface area contributed by atoms with Gasteiger partial charge in [-0.2, -0.15) is 0 Å². The summed E-state index contributed by atoms with van der Waals surface area (Å²) in [6.07, 6.45) is 1.06. The molecule has 1 aliphatic rings. The Kier molecular flexibility index (Phi) is 5.91. The van der Waals surface area contributed by atoms with E-state index >= 15 is 0 Å². The van der Waals surface area contributed by atoms with Gasteiger partial charge in [0.15, 0.2) is 0 Å². The van der Waals surface area contributed by atoms with E-state index in [0.29, 0.717) is 23.6 Å². The molecule has 146 valence electrons. The minimum Gasteiger partial charge on any atom is -0.323 e. The van der Waals surface area contributed by atoms with Crippen molar-refractivity contribution in [3.05, 3.63) is 64.1 Å². The highest BCUT2D eigenvalue weighted by Gasteiger charge is 2.47. The number of amides is 4. The normalized spacial score (nSPS) is 18.9. The van der Waals surface area contributed by atoms with E-state index in [1.165, 1.54) is 6.07 Å². The van der Waals surface area contributed by atoms with Gasteiger partial charge >= 0.3 is 6.03 Å². The van der Waals surface area contributed by atoms with Gasteiger partial charge in [0.25, 0.3) is 5.91 Å². The smallest absolute Gasteiger partial charge is 0.323 e. The third kappa shape index (κ3) is 4.46. The number of rotatable bonds is 6. The van der Waals surface area contributed by atoms with Gasteiger partial charge in [-0.25, -0.2) is 4.79 Å². The summed E-state index contributed by atoms with van der Waals surface area (Å²) in [5.74, 6) is -0.953. The van der Waals surface area contributed by atoms with Gasteiger partial charge in [0.2, 0.25) is 5.91 Å². The van der Waals surface area contributed by atoms with E-state index < -0.39 is 29.9 Å². The van der Waals surface area contributed by atoms with Gasteiger partial charge in [0.1, 0.15) is 12.1 Å². The molecule has 2 aromatic carbocycles. The zero-order valence-electron chi connectivity index (χ0n) is 15.2. The van der Waals surface area contributed by atoms with Gasteiger partial charge in [-0.15, -0.1) is 0 Å². The summed E-state index contributed by atoms with van der Waals surface area (Å²) in [6.45, 7) is 1.27. The number of urea groups is 1. The van der Waals surface area contributed by atoms with Crippen LogP contribution in [0.25, 0.3) is 0 Å². The molecule has 6 nitrogen and oxygen atoms in total. The molecule has 8 heteroatoms. The fourth-order valence-electron chi connectivity index (χ4n) is 3.02. The van der Waals surface area contributed by atoms with E-state index in [2.05, 4.69) is 10.6 Å². The fraction of sp³-hybridized carbons (Fsp3) is 0.250. The van der Waals surface area contributed by atoms with Crippen LogP contribution in [-0.2, 0) is 16.0 Å². The molecule has 0 aliphatic carbocycles. The summed E-state index contributed by atoms with van der Waals surface area (Å²) in [6, 6.07) is 13.7. The van der Waals surface area contributed by atoms with E-state index in [-0.39, 0.29) is 5.02 Å². The molecule has 0 aromatic heterocycles. The van der Waals surface area contributed by atoms with Crippen molar-refractivity contribution in [2.45, 2.75) is 25.3 Å². The number of carbonyl (C=O) groups is 3. The van der Waals surface area contributed by atoms with E-state index in [1.807, 2.05) is 30.3 Å². The lowest BCUT2D eigenvalue weighted by atomic mass is 9.93. The predicted molar refractivity (Wildman–Crippen MR) is 109 cm³/mol. The maximum absolute atomic E-state index is 12.8. The van der Waals surface area contributed by atoms with E-state index in [0.717, 1.165) is 10.5 Å². The molecule has 0 spiro atoms.